The standard InChI is InChI=1S/C16H16N2O5S/c19-16(17-4-7-22-8-5-17)13-1-2-15(14(9-13)18(20)21)24-11-12-3-6-23-10-12/h1-3,6,9-10H,4-5,7-8,11H2. The molecule has 0 saturated carbocycles. The maximum atomic E-state index is 12.5. The average molecular weight is 348 g/mol. The zero-order valence-electron chi connectivity index (χ0n) is 12.8. The van der Waals surface area contributed by atoms with Crippen LogP contribution in [0.4, 0.5) is 5.69 Å². The zero-order chi connectivity index (χ0) is 16.9. The summed E-state index contributed by atoms with van der Waals surface area (Å²) in [6.45, 7) is 1.99. The van der Waals surface area contributed by atoms with Gasteiger partial charge in [-0.05, 0) is 18.2 Å². The van der Waals surface area contributed by atoms with Crippen molar-refractivity contribution in [2.24, 2.45) is 0 Å². The fraction of sp³-hybridized carbons (Fsp3) is 0.312. The predicted octanol–water partition coefficient (Wildman–Crippen LogP) is 2.95. The molecule has 2 heterocycles. The van der Waals surface area contributed by atoms with Gasteiger partial charge in [0.2, 0.25) is 0 Å². The minimum Gasteiger partial charge on any atom is -0.472 e. The lowest BCUT2D eigenvalue weighted by Crippen LogP contribution is -2.40. The van der Waals surface area contributed by atoms with E-state index in [9.17, 15) is 14.9 Å². The molecule has 24 heavy (non-hydrogen) atoms. The maximum absolute atomic E-state index is 12.5. The van der Waals surface area contributed by atoms with Gasteiger partial charge in [-0.25, -0.2) is 0 Å². The van der Waals surface area contributed by atoms with Crippen molar-refractivity contribution in [2.45, 2.75) is 10.6 Å². The van der Waals surface area contributed by atoms with E-state index in [1.165, 1.54) is 17.8 Å². The fourth-order valence-electron chi connectivity index (χ4n) is 2.40. The van der Waals surface area contributed by atoms with Gasteiger partial charge in [-0.1, -0.05) is 0 Å². The molecule has 0 bridgehead atoms. The molecule has 1 aliphatic heterocycles. The SMILES string of the molecule is O=C(c1ccc(SCc2ccoc2)c([N+](=O)[O-])c1)N1CCOCC1. The molecule has 0 unspecified atom stereocenters. The molecular formula is C16H16N2O5S. The number of hydrogen-bond donors (Lipinski definition) is 0. The van der Waals surface area contributed by atoms with Crippen LogP contribution in [0.5, 0.6) is 0 Å². The van der Waals surface area contributed by atoms with Crippen LogP contribution in [0.3, 0.4) is 0 Å². The second kappa shape index (κ2) is 7.50. The number of nitro benzene ring substituents is 1. The average Bonchev–Trinajstić information content (AvgIpc) is 3.13. The molecule has 1 aromatic carbocycles. The van der Waals surface area contributed by atoms with Crippen molar-refractivity contribution in [3.63, 3.8) is 0 Å². The van der Waals surface area contributed by atoms with Gasteiger partial charge in [-0.2, -0.15) is 0 Å². The van der Waals surface area contributed by atoms with Crippen molar-refractivity contribution in [2.75, 3.05) is 26.3 Å². The van der Waals surface area contributed by atoms with E-state index in [0.717, 1.165) is 5.56 Å². The third-order valence-corrected chi connectivity index (χ3v) is 4.81. The highest BCUT2D eigenvalue weighted by atomic mass is 32.2. The van der Waals surface area contributed by atoms with Gasteiger partial charge in [-0.3, -0.25) is 14.9 Å². The quantitative estimate of drug-likeness (QED) is 0.469. The third kappa shape index (κ3) is 3.77. The summed E-state index contributed by atoms with van der Waals surface area (Å²) in [6, 6.07) is 6.45. The van der Waals surface area contributed by atoms with E-state index in [1.807, 2.05) is 6.07 Å². The maximum Gasteiger partial charge on any atom is 0.283 e. The first-order valence-electron chi connectivity index (χ1n) is 7.44. The predicted molar refractivity (Wildman–Crippen MR) is 88.1 cm³/mol. The summed E-state index contributed by atoms with van der Waals surface area (Å²) in [6.07, 6.45) is 3.17. The number of nitrogens with zero attached hydrogens (tertiary/aromatic N) is 2. The Hall–Kier alpha value is -2.32. The van der Waals surface area contributed by atoms with E-state index < -0.39 is 4.92 Å². The molecule has 1 amide bonds. The van der Waals surface area contributed by atoms with Gasteiger partial charge in [-0.15, -0.1) is 11.8 Å². The first-order chi connectivity index (χ1) is 11.6. The largest absolute Gasteiger partial charge is 0.472 e. The van der Waals surface area contributed by atoms with E-state index in [0.29, 0.717) is 42.5 Å². The Bertz CT molecular complexity index is 726. The van der Waals surface area contributed by atoms with Crippen LogP contribution in [0.1, 0.15) is 15.9 Å². The Morgan fingerprint density at radius 3 is 2.75 bits per heavy atom. The minimum atomic E-state index is -0.451. The van der Waals surface area contributed by atoms with Crippen molar-refractivity contribution < 1.29 is 18.9 Å². The number of morpholine rings is 1. The van der Waals surface area contributed by atoms with Crippen LogP contribution in [-0.2, 0) is 10.5 Å². The molecular weight excluding hydrogens is 332 g/mol. The molecule has 126 valence electrons. The summed E-state index contributed by atoms with van der Waals surface area (Å²) in [7, 11) is 0. The number of hydrogen-bond acceptors (Lipinski definition) is 6. The molecule has 1 fully saturated rings. The van der Waals surface area contributed by atoms with Crippen LogP contribution in [0.25, 0.3) is 0 Å². The van der Waals surface area contributed by atoms with Gasteiger partial charge in [0, 0.05) is 36.0 Å². The number of nitro groups is 1. The van der Waals surface area contributed by atoms with E-state index in [2.05, 4.69) is 0 Å². The van der Waals surface area contributed by atoms with Gasteiger partial charge in [0.05, 0.1) is 35.6 Å². The number of benzene rings is 1. The summed E-state index contributed by atoms with van der Waals surface area (Å²) in [5, 5.41) is 11.4. The van der Waals surface area contributed by atoms with E-state index in [1.54, 1.807) is 29.6 Å². The molecule has 1 aliphatic rings. The molecule has 8 heteroatoms. The Morgan fingerprint density at radius 2 is 2.08 bits per heavy atom. The van der Waals surface area contributed by atoms with Gasteiger partial charge in [0.25, 0.3) is 11.6 Å². The summed E-state index contributed by atoms with van der Waals surface area (Å²) in [4.78, 5) is 25.6. The number of rotatable bonds is 5. The Kier molecular flexibility index (Phi) is 5.17. The van der Waals surface area contributed by atoms with E-state index in [4.69, 9.17) is 9.15 Å². The number of amides is 1. The topological polar surface area (TPSA) is 85.8 Å². The Morgan fingerprint density at radius 1 is 1.29 bits per heavy atom. The van der Waals surface area contributed by atoms with Crippen LogP contribution in [0, 0.1) is 10.1 Å². The van der Waals surface area contributed by atoms with Crippen molar-refractivity contribution in [1.82, 2.24) is 4.90 Å². The number of carbonyl (C=O) groups excluding carboxylic acids is 1. The number of ether oxygens (including phenoxy) is 1. The lowest BCUT2D eigenvalue weighted by molar-refractivity contribution is -0.387. The number of furan rings is 1. The normalized spacial score (nSPS) is 14.6. The monoisotopic (exact) mass is 348 g/mol. The van der Waals surface area contributed by atoms with Crippen molar-refractivity contribution >= 4 is 23.4 Å². The molecule has 0 spiro atoms. The molecule has 0 radical (unpaired) electrons. The Labute approximate surface area is 142 Å². The van der Waals surface area contributed by atoms with Gasteiger partial charge in [0.15, 0.2) is 0 Å². The van der Waals surface area contributed by atoms with Crippen molar-refractivity contribution in [3.05, 3.63) is 58.0 Å². The van der Waals surface area contributed by atoms with Crippen LogP contribution in [0.15, 0.2) is 46.1 Å². The second-order valence-corrected chi connectivity index (χ2v) is 6.28. The zero-order valence-corrected chi connectivity index (χ0v) is 13.7. The molecule has 0 aliphatic carbocycles. The van der Waals surface area contributed by atoms with Crippen molar-refractivity contribution in [3.8, 4) is 0 Å². The number of carbonyl (C=O) groups is 1. The highest BCUT2D eigenvalue weighted by Gasteiger charge is 2.22. The van der Waals surface area contributed by atoms with Crippen LogP contribution in [0.2, 0.25) is 0 Å². The lowest BCUT2D eigenvalue weighted by Gasteiger charge is -2.26. The van der Waals surface area contributed by atoms with Gasteiger partial charge < -0.3 is 14.1 Å². The second-order valence-electron chi connectivity index (χ2n) is 5.26. The summed E-state index contributed by atoms with van der Waals surface area (Å²) >= 11 is 1.34. The van der Waals surface area contributed by atoms with Crippen LogP contribution < -0.4 is 0 Å². The molecule has 2 aromatic rings. The fourth-order valence-corrected chi connectivity index (χ4v) is 3.33. The van der Waals surface area contributed by atoms with Gasteiger partial charge >= 0.3 is 0 Å². The molecule has 1 aromatic heterocycles. The van der Waals surface area contributed by atoms with E-state index in [-0.39, 0.29) is 11.6 Å². The molecule has 7 nitrogen and oxygen atoms in total. The highest BCUT2D eigenvalue weighted by Crippen LogP contribution is 2.32. The third-order valence-electron chi connectivity index (χ3n) is 3.68. The molecule has 1 saturated heterocycles. The lowest BCUT2D eigenvalue weighted by atomic mass is 10.1. The molecule has 3 rings (SSSR count). The highest BCUT2D eigenvalue weighted by molar-refractivity contribution is 7.98. The van der Waals surface area contributed by atoms with Gasteiger partial charge in [0.1, 0.15) is 0 Å². The smallest absolute Gasteiger partial charge is 0.283 e. The first kappa shape index (κ1) is 16.5. The van der Waals surface area contributed by atoms with E-state index >= 15 is 0 Å². The summed E-state index contributed by atoms with van der Waals surface area (Å²) < 4.78 is 10.2. The van der Waals surface area contributed by atoms with Crippen molar-refractivity contribution in [1.29, 1.82) is 0 Å². The van der Waals surface area contributed by atoms with Crippen LogP contribution >= 0.6 is 11.8 Å². The molecule has 0 atom stereocenters. The minimum absolute atomic E-state index is 0.0531. The first-order valence-corrected chi connectivity index (χ1v) is 8.43. The summed E-state index contributed by atoms with van der Waals surface area (Å²) in [5.74, 6) is 0.362. The Balaban J connectivity index is 1.78. The molecule has 0 N–H and O–H groups in total. The number of thioether (sulfide) groups is 1. The summed E-state index contributed by atoms with van der Waals surface area (Å²) in [5.41, 5.74) is 1.22. The van der Waals surface area contributed by atoms with Crippen LogP contribution in [-0.4, -0.2) is 42.0 Å².